The number of aryl methyl sites for hydroxylation is 1. The fraction of sp³-hybridized carbons (Fsp3) is 0.190. The van der Waals surface area contributed by atoms with Crippen LogP contribution >= 0.6 is 11.6 Å². The molecule has 148 valence electrons. The largest absolute Gasteiger partial charge is 0.456 e. The molecule has 0 fully saturated rings. The Hall–Kier alpha value is -3.32. The number of carbonyl (C=O) groups is 3. The monoisotopic (exact) mass is 411 g/mol. The van der Waals surface area contributed by atoms with Crippen molar-refractivity contribution in [1.29, 1.82) is 0 Å². The van der Waals surface area contributed by atoms with Crippen LogP contribution in [0.4, 0.5) is 10.5 Å². The van der Waals surface area contributed by atoms with Gasteiger partial charge < -0.3 is 15.4 Å². The van der Waals surface area contributed by atoms with Crippen LogP contribution < -0.4 is 10.6 Å². The fourth-order valence-electron chi connectivity index (χ4n) is 3.47. The molecule has 2 aliphatic rings. The van der Waals surface area contributed by atoms with Gasteiger partial charge in [0.2, 0.25) is 5.91 Å². The number of nitrogens with zero attached hydrogens (tertiary/aromatic N) is 1. The highest BCUT2D eigenvalue weighted by molar-refractivity contribution is 6.31. The molecule has 29 heavy (non-hydrogen) atoms. The Balaban J connectivity index is 1.62. The molecule has 2 aliphatic heterocycles. The van der Waals surface area contributed by atoms with Crippen LogP contribution in [-0.2, 0) is 14.3 Å². The first-order chi connectivity index (χ1) is 14.0. The molecule has 0 bridgehead atoms. The summed E-state index contributed by atoms with van der Waals surface area (Å²) in [5, 5.41) is 5.99. The van der Waals surface area contributed by atoms with Crippen LogP contribution in [0.1, 0.15) is 17.2 Å². The van der Waals surface area contributed by atoms with E-state index in [2.05, 4.69) is 10.6 Å². The third-order valence-electron chi connectivity index (χ3n) is 4.94. The van der Waals surface area contributed by atoms with Crippen molar-refractivity contribution in [3.63, 3.8) is 0 Å². The minimum absolute atomic E-state index is 0.0693. The lowest BCUT2D eigenvalue weighted by atomic mass is 9.95. The summed E-state index contributed by atoms with van der Waals surface area (Å²) in [4.78, 5) is 38.9. The standard InChI is InChI=1S/C21H18ClN3O4/c1-12-6-2-5-9-15(12)23-17(26)10-25-16-11-29-20(27)18(16)19(24-21(25)28)13-7-3-4-8-14(13)22/h2-9,19H,10-11H2,1H3,(H,23,26)(H,24,28). The number of nitrogens with one attached hydrogen (secondary N) is 2. The van der Waals surface area contributed by atoms with Gasteiger partial charge in [0, 0.05) is 10.7 Å². The number of rotatable bonds is 4. The molecule has 0 saturated carbocycles. The number of para-hydroxylation sites is 1. The van der Waals surface area contributed by atoms with Crippen molar-refractivity contribution in [2.45, 2.75) is 13.0 Å². The molecule has 8 heteroatoms. The van der Waals surface area contributed by atoms with E-state index < -0.39 is 18.0 Å². The van der Waals surface area contributed by atoms with Crippen LogP contribution in [0.5, 0.6) is 0 Å². The highest BCUT2D eigenvalue weighted by atomic mass is 35.5. The molecule has 1 atom stereocenters. The first-order valence-electron chi connectivity index (χ1n) is 9.04. The summed E-state index contributed by atoms with van der Waals surface area (Å²) in [6.07, 6.45) is 0. The molecule has 4 rings (SSSR count). The quantitative estimate of drug-likeness (QED) is 0.756. The predicted molar refractivity (Wildman–Crippen MR) is 107 cm³/mol. The van der Waals surface area contributed by atoms with E-state index in [0.29, 0.717) is 27.5 Å². The molecule has 2 heterocycles. The van der Waals surface area contributed by atoms with Crippen LogP contribution in [0.2, 0.25) is 5.02 Å². The van der Waals surface area contributed by atoms with E-state index in [0.717, 1.165) is 5.56 Å². The van der Waals surface area contributed by atoms with Crippen LogP contribution in [0.25, 0.3) is 0 Å². The third kappa shape index (κ3) is 3.56. The minimum Gasteiger partial charge on any atom is -0.456 e. The lowest BCUT2D eigenvalue weighted by Crippen LogP contribution is -2.49. The van der Waals surface area contributed by atoms with Gasteiger partial charge in [0.25, 0.3) is 0 Å². The number of hydrogen-bond donors (Lipinski definition) is 2. The SMILES string of the molecule is Cc1ccccc1NC(=O)CN1C(=O)NC(c2ccccc2Cl)C2=C1COC2=O. The van der Waals surface area contributed by atoms with Gasteiger partial charge in [0.1, 0.15) is 13.2 Å². The topological polar surface area (TPSA) is 87.7 Å². The highest BCUT2D eigenvalue weighted by Gasteiger charge is 2.43. The summed E-state index contributed by atoms with van der Waals surface area (Å²) in [5.41, 5.74) is 2.83. The zero-order chi connectivity index (χ0) is 20.5. The fourth-order valence-corrected chi connectivity index (χ4v) is 3.71. The number of carbonyl (C=O) groups excluding carboxylic acids is 3. The van der Waals surface area contributed by atoms with Gasteiger partial charge in [-0.15, -0.1) is 0 Å². The van der Waals surface area contributed by atoms with Crippen molar-refractivity contribution < 1.29 is 19.1 Å². The Morgan fingerprint density at radius 1 is 1.21 bits per heavy atom. The van der Waals surface area contributed by atoms with Gasteiger partial charge in [-0.2, -0.15) is 0 Å². The highest BCUT2D eigenvalue weighted by Crippen LogP contribution is 2.37. The maximum atomic E-state index is 12.8. The minimum atomic E-state index is -0.725. The molecular formula is C21H18ClN3O4. The maximum Gasteiger partial charge on any atom is 0.338 e. The zero-order valence-electron chi connectivity index (χ0n) is 15.6. The van der Waals surface area contributed by atoms with Crippen molar-refractivity contribution in [1.82, 2.24) is 10.2 Å². The first-order valence-corrected chi connectivity index (χ1v) is 9.41. The molecule has 0 radical (unpaired) electrons. The van der Waals surface area contributed by atoms with E-state index >= 15 is 0 Å². The van der Waals surface area contributed by atoms with Gasteiger partial charge in [0.05, 0.1) is 17.3 Å². The molecule has 3 amide bonds. The van der Waals surface area contributed by atoms with Gasteiger partial charge in [-0.05, 0) is 30.2 Å². The number of urea groups is 1. The van der Waals surface area contributed by atoms with E-state index in [9.17, 15) is 14.4 Å². The Morgan fingerprint density at radius 3 is 2.69 bits per heavy atom. The van der Waals surface area contributed by atoms with E-state index in [1.807, 2.05) is 25.1 Å². The van der Waals surface area contributed by atoms with E-state index in [1.54, 1.807) is 30.3 Å². The Labute approximate surface area is 172 Å². The van der Waals surface area contributed by atoms with Gasteiger partial charge in [-0.3, -0.25) is 9.69 Å². The predicted octanol–water partition coefficient (Wildman–Crippen LogP) is 3.16. The summed E-state index contributed by atoms with van der Waals surface area (Å²) in [5.74, 6) is -0.911. The van der Waals surface area contributed by atoms with Crippen LogP contribution in [-0.4, -0.2) is 36.0 Å². The molecule has 0 saturated heterocycles. The second kappa shape index (κ2) is 7.60. The Morgan fingerprint density at radius 2 is 1.93 bits per heavy atom. The average molecular weight is 412 g/mol. The van der Waals surface area contributed by atoms with E-state index in [4.69, 9.17) is 16.3 Å². The van der Waals surface area contributed by atoms with Gasteiger partial charge >= 0.3 is 12.0 Å². The summed E-state index contributed by atoms with van der Waals surface area (Å²) in [6.45, 7) is 1.56. The molecule has 2 N–H and O–H groups in total. The van der Waals surface area contributed by atoms with E-state index in [-0.39, 0.29) is 19.1 Å². The lowest BCUT2D eigenvalue weighted by molar-refractivity contribution is -0.136. The molecule has 0 spiro atoms. The van der Waals surface area contributed by atoms with Gasteiger partial charge in [-0.1, -0.05) is 48.0 Å². The normalized spacial score (nSPS) is 18.3. The Kier molecular flexibility index (Phi) is 4.98. The maximum absolute atomic E-state index is 12.8. The second-order valence-electron chi connectivity index (χ2n) is 6.79. The van der Waals surface area contributed by atoms with E-state index in [1.165, 1.54) is 4.90 Å². The van der Waals surface area contributed by atoms with Gasteiger partial charge in [0.15, 0.2) is 0 Å². The molecule has 2 aromatic carbocycles. The number of benzene rings is 2. The number of hydrogen-bond acceptors (Lipinski definition) is 4. The third-order valence-corrected chi connectivity index (χ3v) is 5.28. The van der Waals surface area contributed by atoms with Crippen molar-refractivity contribution in [2.24, 2.45) is 0 Å². The van der Waals surface area contributed by atoms with Gasteiger partial charge in [-0.25, -0.2) is 9.59 Å². The molecule has 0 aromatic heterocycles. The van der Waals surface area contributed by atoms with Crippen molar-refractivity contribution in [3.8, 4) is 0 Å². The number of anilines is 1. The van der Waals surface area contributed by atoms with Crippen molar-refractivity contribution >= 4 is 35.2 Å². The Bertz CT molecular complexity index is 1050. The second-order valence-corrected chi connectivity index (χ2v) is 7.20. The van der Waals surface area contributed by atoms with Crippen molar-refractivity contribution in [3.05, 3.63) is 76.0 Å². The zero-order valence-corrected chi connectivity index (χ0v) is 16.3. The van der Waals surface area contributed by atoms with Crippen LogP contribution in [0.15, 0.2) is 59.8 Å². The number of cyclic esters (lactones) is 1. The van der Waals surface area contributed by atoms with Crippen molar-refractivity contribution in [2.75, 3.05) is 18.5 Å². The number of halogens is 1. The number of amides is 3. The average Bonchev–Trinajstić information content (AvgIpc) is 3.08. The lowest BCUT2D eigenvalue weighted by Gasteiger charge is -2.32. The first kappa shape index (κ1) is 19.0. The molecule has 0 aliphatic carbocycles. The molecule has 7 nitrogen and oxygen atoms in total. The molecular weight excluding hydrogens is 394 g/mol. The summed E-state index contributed by atoms with van der Waals surface area (Å²) >= 11 is 6.27. The summed E-state index contributed by atoms with van der Waals surface area (Å²) in [6, 6.07) is 13.1. The van der Waals surface area contributed by atoms with Crippen LogP contribution in [0, 0.1) is 6.92 Å². The number of esters is 1. The summed E-state index contributed by atoms with van der Waals surface area (Å²) in [7, 11) is 0. The summed E-state index contributed by atoms with van der Waals surface area (Å²) < 4.78 is 5.17. The smallest absolute Gasteiger partial charge is 0.338 e. The van der Waals surface area contributed by atoms with Crippen LogP contribution in [0.3, 0.4) is 0 Å². The molecule has 1 unspecified atom stereocenters. The number of ether oxygens (including phenoxy) is 1. The molecule has 2 aromatic rings.